The van der Waals surface area contributed by atoms with E-state index >= 15 is 0 Å². The van der Waals surface area contributed by atoms with Gasteiger partial charge in [0, 0.05) is 11.8 Å². The molecule has 176 valence electrons. The van der Waals surface area contributed by atoms with Gasteiger partial charge in [0.1, 0.15) is 17.5 Å². The Kier molecular flexibility index (Phi) is 6.57. The first kappa shape index (κ1) is 24.1. The highest BCUT2D eigenvalue weighted by atomic mass is 32.1. The van der Waals surface area contributed by atoms with Gasteiger partial charge in [0.15, 0.2) is 5.78 Å². The van der Waals surface area contributed by atoms with E-state index in [4.69, 9.17) is 9.47 Å². The molecular weight excluding hydrogens is 432 g/mol. The minimum atomic E-state index is -1.03. The van der Waals surface area contributed by atoms with E-state index in [2.05, 4.69) is 30.9 Å². The van der Waals surface area contributed by atoms with E-state index in [-0.39, 0.29) is 25.4 Å². The number of aliphatic hydroxyl groups is 1. The van der Waals surface area contributed by atoms with Crippen LogP contribution < -0.4 is 4.74 Å². The van der Waals surface area contributed by atoms with E-state index in [0.29, 0.717) is 31.3 Å². The molecule has 1 N–H and O–H groups in total. The highest BCUT2D eigenvalue weighted by molar-refractivity contribution is 7.59. The van der Waals surface area contributed by atoms with Gasteiger partial charge in [0.2, 0.25) is 0 Å². The molecular formula is C28H34O4S. The van der Waals surface area contributed by atoms with Crippen LogP contribution in [0.2, 0.25) is 0 Å². The summed E-state index contributed by atoms with van der Waals surface area (Å²) < 4.78 is 12.1. The number of ketones is 1. The monoisotopic (exact) mass is 466 g/mol. The fourth-order valence-electron chi connectivity index (χ4n) is 6.74. The standard InChI is InChI=1S/C28H32O4.H2S/c1-4-14-28(30)15-13-24-23-11-7-19-16-20(29)8-12-22(19)25(23)26(32-17-27(24,28)2)18-5-9-21(31-3)10-6-18;/h5-6,9-10,16,23-24,26,30H,7-8,11-13,15,17H2,1-3H3;1H2/t23?,24?,26-,27-,28-;/m0./s1. The summed E-state index contributed by atoms with van der Waals surface area (Å²) in [5.74, 6) is 7.81. The van der Waals surface area contributed by atoms with E-state index in [9.17, 15) is 9.90 Å². The van der Waals surface area contributed by atoms with Crippen molar-refractivity contribution >= 4 is 19.3 Å². The molecule has 4 aliphatic rings. The third-order valence-corrected chi connectivity index (χ3v) is 8.47. The van der Waals surface area contributed by atoms with Crippen LogP contribution in [0.5, 0.6) is 5.75 Å². The van der Waals surface area contributed by atoms with Gasteiger partial charge in [0.05, 0.1) is 13.7 Å². The number of hydrogen-bond donors (Lipinski definition) is 1. The van der Waals surface area contributed by atoms with Gasteiger partial charge >= 0.3 is 0 Å². The van der Waals surface area contributed by atoms with Crippen molar-refractivity contribution in [3.63, 3.8) is 0 Å². The van der Waals surface area contributed by atoms with Crippen molar-refractivity contribution < 1.29 is 19.4 Å². The van der Waals surface area contributed by atoms with Crippen molar-refractivity contribution in [2.75, 3.05) is 13.7 Å². The zero-order chi connectivity index (χ0) is 22.5. The molecule has 1 aromatic rings. The van der Waals surface area contributed by atoms with E-state index in [1.807, 2.05) is 18.2 Å². The van der Waals surface area contributed by atoms with E-state index in [1.54, 1.807) is 14.0 Å². The van der Waals surface area contributed by atoms with Crippen molar-refractivity contribution in [2.24, 2.45) is 17.3 Å². The number of carbonyl (C=O) groups excluding carboxylic acids is 1. The molecule has 1 heterocycles. The van der Waals surface area contributed by atoms with Crippen molar-refractivity contribution in [1.82, 2.24) is 0 Å². The van der Waals surface area contributed by atoms with Crippen LogP contribution in [0.15, 0.2) is 47.1 Å². The second kappa shape index (κ2) is 8.98. The van der Waals surface area contributed by atoms with Gasteiger partial charge in [-0.1, -0.05) is 25.0 Å². The van der Waals surface area contributed by atoms with Crippen LogP contribution in [0.25, 0.3) is 0 Å². The van der Waals surface area contributed by atoms with Crippen molar-refractivity contribution in [3.8, 4) is 17.6 Å². The maximum atomic E-state index is 12.2. The van der Waals surface area contributed by atoms with E-state index in [1.165, 1.54) is 16.7 Å². The summed E-state index contributed by atoms with van der Waals surface area (Å²) in [5.41, 5.74) is 3.49. The number of rotatable bonds is 2. The Balaban J connectivity index is 0.00000259. The normalized spacial score (nSPS) is 35.1. The first-order chi connectivity index (χ1) is 15.4. The molecule has 1 saturated carbocycles. The molecule has 0 radical (unpaired) electrons. The van der Waals surface area contributed by atoms with Gasteiger partial charge in [-0.05, 0) is 91.4 Å². The molecule has 1 aliphatic heterocycles. The average Bonchev–Trinajstić information content (AvgIpc) is 2.96. The second-order valence-corrected chi connectivity index (χ2v) is 9.98. The van der Waals surface area contributed by atoms with Crippen LogP contribution in [-0.2, 0) is 9.53 Å². The molecule has 1 aromatic carbocycles. The first-order valence-electron chi connectivity index (χ1n) is 11.8. The minimum Gasteiger partial charge on any atom is -0.497 e. The zero-order valence-corrected chi connectivity index (χ0v) is 20.7. The lowest BCUT2D eigenvalue weighted by molar-refractivity contribution is -0.114. The molecule has 0 aromatic heterocycles. The quantitative estimate of drug-likeness (QED) is 0.620. The molecule has 4 nitrogen and oxygen atoms in total. The van der Waals surface area contributed by atoms with Crippen LogP contribution in [0, 0.1) is 29.1 Å². The van der Waals surface area contributed by atoms with E-state index in [0.717, 1.165) is 37.0 Å². The Labute approximate surface area is 203 Å². The molecule has 2 fully saturated rings. The molecule has 5 rings (SSSR count). The smallest absolute Gasteiger partial charge is 0.156 e. The Morgan fingerprint density at radius 2 is 1.91 bits per heavy atom. The predicted octanol–water partition coefficient (Wildman–Crippen LogP) is 5.05. The molecule has 1 saturated heterocycles. The van der Waals surface area contributed by atoms with Crippen molar-refractivity contribution in [1.29, 1.82) is 0 Å². The van der Waals surface area contributed by atoms with Crippen molar-refractivity contribution in [3.05, 3.63) is 52.6 Å². The summed E-state index contributed by atoms with van der Waals surface area (Å²) in [6, 6.07) is 8.13. The predicted molar refractivity (Wildman–Crippen MR) is 133 cm³/mol. The number of methoxy groups -OCH3 is 1. The van der Waals surface area contributed by atoms with Gasteiger partial charge in [-0.15, -0.1) is 5.92 Å². The Morgan fingerprint density at radius 3 is 2.61 bits per heavy atom. The number of ether oxygens (including phenoxy) is 2. The van der Waals surface area contributed by atoms with Crippen LogP contribution in [0.3, 0.4) is 0 Å². The largest absolute Gasteiger partial charge is 0.497 e. The van der Waals surface area contributed by atoms with Crippen LogP contribution in [-0.4, -0.2) is 30.2 Å². The molecule has 0 spiro atoms. The maximum Gasteiger partial charge on any atom is 0.156 e. The summed E-state index contributed by atoms with van der Waals surface area (Å²) in [7, 11) is 1.67. The van der Waals surface area contributed by atoms with Gasteiger partial charge in [0.25, 0.3) is 0 Å². The molecule has 33 heavy (non-hydrogen) atoms. The highest BCUT2D eigenvalue weighted by Gasteiger charge is 2.61. The molecule has 2 unspecified atom stereocenters. The molecule has 0 amide bonds. The van der Waals surface area contributed by atoms with Gasteiger partial charge in [-0.25, -0.2) is 0 Å². The van der Waals surface area contributed by atoms with Gasteiger partial charge < -0.3 is 14.6 Å². The fourth-order valence-corrected chi connectivity index (χ4v) is 6.74. The molecule has 3 aliphatic carbocycles. The summed E-state index contributed by atoms with van der Waals surface area (Å²) in [6.45, 7) is 4.44. The molecule has 5 heteroatoms. The van der Waals surface area contributed by atoms with Crippen molar-refractivity contribution in [2.45, 2.75) is 64.1 Å². The summed E-state index contributed by atoms with van der Waals surface area (Å²) in [4.78, 5) is 12.2. The van der Waals surface area contributed by atoms with Crippen LogP contribution >= 0.6 is 13.5 Å². The van der Waals surface area contributed by atoms with Gasteiger partial charge in [-0.2, -0.15) is 13.5 Å². The number of carbonyl (C=O) groups is 1. The minimum absolute atomic E-state index is 0. The lowest BCUT2D eigenvalue weighted by atomic mass is 9.61. The summed E-state index contributed by atoms with van der Waals surface area (Å²) in [5, 5.41) is 11.6. The lowest BCUT2D eigenvalue weighted by Crippen LogP contribution is -2.48. The first-order valence-corrected chi connectivity index (χ1v) is 11.8. The topological polar surface area (TPSA) is 55.8 Å². The summed E-state index contributed by atoms with van der Waals surface area (Å²) in [6.07, 6.45) is 6.58. The lowest BCUT2D eigenvalue weighted by Gasteiger charge is -2.42. The SMILES string of the molecule is CC#C[C@]1(O)CCC2C3CCC4=CC(=O)CCC4=C3[C@H](c3ccc(OC)cc3)OC[C@@]21C.S. The Morgan fingerprint density at radius 1 is 1.15 bits per heavy atom. The average molecular weight is 467 g/mol. The highest BCUT2D eigenvalue weighted by Crippen LogP contribution is 2.61. The third-order valence-electron chi connectivity index (χ3n) is 8.47. The van der Waals surface area contributed by atoms with E-state index < -0.39 is 11.0 Å². The second-order valence-electron chi connectivity index (χ2n) is 9.98. The number of fused-ring (bicyclic) bond motifs is 4. The zero-order valence-electron chi connectivity index (χ0n) is 19.7. The van der Waals surface area contributed by atoms with Crippen LogP contribution in [0.1, 0.15) is 64.0 Å². The summed E-state index contributed by atoms with van der Waals surface area (Å²) >= 11 is 0. The number of benzene rings is 1. The molecule has 5 atom stereocenters. The number of allylic oxidation sites excluding steroid dienone is 3. The fraction of sp³-hybridized carbons (Fsp3) is 0.536. The van der Waals surface area contributed by atoms with Gasteiger partial charge in [-0.3, -0.25) is 4.79 Å². The Bertz CT molecular complexity index is 1060. The maximum absolute atomic E-state index is 12.2. The molecule has 0 bridgehead atoms. The third kappa shape index (κ3) is 3.77. The number of hydrogen-bond acceptors (Lipinski definition) is 4. The van der Waals surface area contributed by atoms with Crippen LogP contribution in [0.4, 0.5) is 0 Å². The Hall–Kier alpha value is -2.00.